The van der Waals surface area contributed by atoms with Crippen LogP contribution >= 0.6 is 0 Å². The van der Waals surface area contributed by atoms with Crippen molar-refractivity contribution in [2.45, 2.75) is 13.8 Å². The standard InChI is InChI=1S/C27H26F2N6O3/c1-6-19(28)24(20(29)7-2)35-22(36)12-11-17-23(18-13-16(26(37)38)10-9-15(18)4)32-27(33-25(17)35)34(8-3)21(14-30)31-5/h6-13H,1,3,14,30H2,2,4-5H3,(H,37,38)/b20-7+,24-19-,31-21?. The Bertz CT molecular complexity index is 1600. The molecule has 0 bridgehead atoms. The number of pyridine rings is 1. The SMILES string of the molecule is C=C/C(F)=C(\C(F)=C/C)n1c(=O)ccc2c(-c3cc(C(=O)O)ccc3C)nc(N(C=C)C(CN)=NC)nc21. The quantitative estimate of drug-likeness (QED) is 0.252. The maximum atomic E-state index is 15.0. The summed E-state index contributed by atoms with van der Waals surface area (Å²) in [4.78, 5) is 39.4. The van der Waals surface area contributed by atoms with E-state index in [4.69, 9.17) is 5.73 Å². The lowest BCUT2D eigenvalue weighted by Crippen LogP contribution is -2.33. The minimum Gasteiger partial charge on any atom is -0.478 e. The normalized spacial score (nSPS) is 12.8. The fourth-order valence-corrected chi connectivity index (χ4v) is 3.80. The molecule has 0 unspecified atom stereocenters. The Kier molecular flexibility index (Phi) is 8.43. The van der Waals surface area contributed by atoms with Gasteiger partial charge in [-0.2, -0.15) is 4.98 Å². The lowest BCUT2D eigenvalue weighted by Gasteiger charge is -2.22. The van der Waals surface area contributed by atoms with E-state index >= 15 is 4.39 Å². The Labute approximate surface area is 217 Å². The monoisotopic (exact) mass is 520 g/mol. The fourth-order valence-electron chi connectivity index (χ4n) is 3.80. The van der Waals surface area contributed by atoms with Crippen molar-refractivity contribution in [1.82, 2.24) is 14.5 Å². The molecule has 0 saturated heterocycles. The van der Waals surface area contributed by atoms with Crippen molar-refractivity contribution >= 4 is 34.5 Å². The van der Waals surface area contributed by atoms with E-state index in [1.165, 1.54) is 43.3 Å². The lowest BCUT2D eigenvalue weighted by molar-refractivity contribution is 0.0697. The van der Waals surface area contributed by atoms with Gasteiger partial charge in [0.2, 0.25) is 5.95 Å². The van der Waals surface area contributed by atoms with Crippen molar-refractivity contribution in [3.63, 3.8) is 0 Å². The number of rotatable bonds is 8. The number of hydrogen-bond acceptors (Lipinski definition) is 6. The highest BCUT2D eigenvalue weighted by molar-refractivity contribution is 6.02. The summed E-state index contributed by atoms with van der Waals surface area (Å²) in [5.41, 5.74) is 5.46. The second kappa shape index (κ2) is 11.5. The summed E-state index contributed by atoms with van der Waals surface area (Å²) in [6.07, 6.45) is 3.12. The van der Waals surface area contributed by atoms with Gasteiger partial charge in [-0.25, -0.2) is 18.6 Å². The molecule has 38 heavy (non-hydrogen) atoms. The zero-order valence-corrected chi connectivity index (χ0v) is 21.1. The highest BCUT2D eigenvalue weighted by Gasteiger charge is 2.23. The van der Waals surface area contributed by atoms with Gasteiger partial charge < -0.3 is 10.8 Å². The van der Waals surface area contributed by atoms with Gasteiger partial charge in [0.1, 0.15) is 23.2 Å². The lowest BCUT2D eigenvalue weighted by atomic mass is 10.00. The van der Waals surface area contributed by atoms with Crippen LogP contribution in [0, 0.1) is 6.92 Å². The minimum absolute atomic E-state index is 0.0103. The summed E-state index contributed by atoms with van der Waals surface area (Å²) in [5.74, 6) is -3.04. The van der Waals surface area contributed by atoms with Gasteiger partial charge in [0, 0.05) is 30.3 Å². The summed E-state index contributed by atoms with van der Waals surface area (Å²) >= 11 is 0. The Morgan fingerprint density at radius 3 is 2.50 bits per heavy atom. The molecule has 0 fully saturated rings. The number of aryl methyl sites for hydroxylation is 1. The van der Waals surface area contributed by atoms with Crippen molar-refractivity contribution in [1.29, 1.82) is 0 Å². The molecule has 0 aliphatic heterocycles. The molecular weight excluding hydrogens is 494 g/mol. The molecule has 11 heteroatoms. The molecule has 0 saturated carbocycles. The zero-order valence-electron chi connectivity index (χ0n) is 21.1. The van der Waals surface area contributed by atoms with E-state index in [1.807, 2.05) is 0 Å². The first-order valence-electron chi connectivity index (χ1n) is 11.3. The Morgan fingerprint density at radius 2 is 1.95 bits per heavy atom. The topological polar surface area (TPSA) is 127 Å². The number of nitrogens with two attached hydrogens (primary N) is 1. The number of anilines is 1. The largest absolute Gasteiger partial charge is 0.478 e. The molecule has 0 amide bonds. The van der Waals surface area contributed by atoms with Crippen molar-refractivity contribution in [3.05, 3.63) is 95.0 Å². The summed E-state index contributed by atoms with van der Waals surface area (Å²) in [5, 5.41) is 9.80. The number of amidine groups is 1. The van der Waals surface area contributed by atoms with E-state index in [9.17, 15) is 19.1 Å². The minimum atomic E-state index is -1.16. The number of allylic oxidation sites excluding steroid dienone is 5. The van der Waals surface area contributed by atoms with E-state index in [1.54, 1.807) is 13.0 Å². The number of carboxylic acid groups (broad SMARTS) is 1. The third-order valence-electron chi connectivity index (χ3n) is 5.70. The highest BCUT2D eigenvalue weighted by atomic mass is 19.1. The number of carboxylic acids is 1. The van der Waals surface area contributed by atoms with E-state index < -0.39 is 28.9 Å². The van der Waals surface area contributed by atoms with Crippen molar-refractivity contribution in [2.24, 2.45) is 10.7 Å². The van der Waals surface area contributed by atoms with Gasteiger partial charge in [-0.1, -0.05) is 19.2 Å². The summed E-state index contributed by atoms with van der Waals surface area (Å²) in [7, 11) is 1.50. The number of aliphatic imine (C=N–C) groups is 1. The van der Waals surface area contributed by atoms with Crippen LogP contribution in [0.2, 0.25) is 0 Å². The van der Waals surface area contributed by atoms with E-state index in [0.717, 1.165) is 22.8 Å². The molecule has 2 heterocycles. The van der Waals surface area contributed by atoms with Crippen LogP contribution in [0.25, 0.3) is 28.0 Å². The maximum absolute atomic E-state index is 15.0. The van der Waals surface area contributed by atoms with Gasteiger partial charge in [-0.15, -0.1) is 0 Å². The smallest absolute Gasteiger partial charge is 0.335 e. The molecule has 3 aromatic rings. The predicted octanol–water partition coefficient (Wildman–Crippen LogP) is 4.60. The molecule has 0 radical (unpaired) electrons. The number of carbonyl (C=O) groups is 1. The molecule has 0 spiro atoms. The Hall–Kier alpha value is -4.77. The molecule has 0 atom stereocenters. The van der Waals surface area contributed by atoms with E-state index in [2.05, 4.69) is 28.1 Å². The van der Waals surface area contributed by atoms with Crippen molar-refractivity contribution in [3.8, 4) is 11.3 Å². The van der Waals surface area contributed by atoms with Crippen LogP contribution in [0.15, 0.2) is 83.3 Å². The van der Waals surface area contributed by atoms with Crippen LogP contribution in [-0.2, 0) is 0 Å². The van der Waals surface area contributed by atoms with Gasteiger partial charge in [0.05, 0.1) is 17.8 Å². The molecule has 0 aliphatic rings. The molecule has 196 valence electrons. The van der Waals surface area contributed by atoms with Crippen LogP contribution in [0.3, 0.4) is 0 Å². The van der Waals surface area contributed by atoms with Gasteiger partial charge in [0.15, 0.2) is 5.65 Å². The average molecular weight is 521 g/mol. The third kappa shape index (κ3) is 5.04. The number of fused-ring (bicyclic) bond motifs is 1. The second-order valence-electron chi connectivity index (χ2n) is 7.89. The van der Waals surface area contributed by atoms with Crippen molar-refractivity contribution < 1.29 is 18.7 Å². The number of halogens is 2. The van der Waals surface area contributed by atoms with Crippen LogP contribution in [0.5, 0.6) is 0 Å². The van der Waals surface area contributed by atoms with Gasteiger partial charge in [-0.3, -0.25) is 19.3 Å². The molecule has 0 aliphatic carbocycles. The Balaban J connectivity index is 2.63. The van der Waals surface area contributed by atoms with Gasteiger partial charge >= 0.3 is 5.97 Å². The maximum Gasteiger partial charge on any atom is 0.335 e. The average Bonchev–Trinajstić information content (AvgIpc) is 2.92. The van der Waals surface area contributed by atoms with Crippen molar-refractivity contribution in [2.75, 3.05) is 18.5 Å². The van der Waals surface area contributed by atoms with Crippen LogP contribution < -0.4 is 16.2 Å². The summed E-state index contributed by atoms with van der Waals surface area (Å²) in [6.45, 7) is 10.2. The van der Waals surface area contributed by atoms with Crippen LogP contribution in [0.1, 0.15) is 22.8 Å². The van der Waals surface area contributed by atoms with E-state index in [0.29, 0.717) is 17.0 Å². The van der Waals surface area contributed by atoms with Gasteiger partial charge in [0.25, 0.3) is 5.56 Å². The highest BCUT2D eigenvalue weighted by Crippen LogP contribution is 2.33. The third-order valence-corrected chi connectivity index (χ3v) is 5.70. The Morgan fingerprint density at radius 1 is 1.24 bits per heavy atom. The fraction of sp³-hybridized carbons (Fsp3) is 0.148. The molecular formula is C27H26F2N6O3. The molecule has 2 aromatic heterocycles. The molecule has 9 nitrogen and oxygen atoms in total. The molecule has 3 N–H and O–H groups in total. The first-order chi connectivity index (χ1) is 18.1. The summed E-state index contributed by atoms with van der Waals surface area (Å²) < 4.78 is 30.8. The molecule has 1 aromatic carbocycles. The first-order valence-corrected chi connectivity index (χ1v) is 11.3. The van der Waals surface area contributed by atoms with E-state index in [-0.39, 0.29) is 34.8 Å². The van der Waals surface area contributed by atoms with Crippen LogP contribution in [0.4, 0.5) is 14.7 Å². The first kappa shape index (κ1) is 27.8. The summed E-state index contributed by atoms with van der Waals surface area (Å²) in [6, 6.07) is 6.99. The number of hydrogen-bond donors (Lipinski definition) is 2. The zero-order chi connectivity index (χ0) is 28.1. The number of aromatic carboxylic acids is 1. The second-order valence-corrected chi connectivity index (χ2v) is 7.89. The number of aromatic nitrogens is 3. The predicted molar refractivity (Wildman–Crippen MR) is 145 cm³/mol. The number of benzene rings is 1. The molecule has 3 rings (SSSR count). The van der Waals surface area contributed by atoms with Crippen LogP contribution in [-0.4, -0.2) is 45.0 Å². The van der Waals surface area contributed by atoms with Gasteiger partial charge in [-0.05, 0) is 49.8 Å². The number of nitrogens with zero attached hydrogens (tertiary/aromatic N) is 5.